The minimum absolute atomic E-state index is 0. The van der Waals surface area contributed by atoms with E-state index in [2.05, 4.69) is 21.7 Å². The van der Waals surface area contributed by atoms with Gasteiger partial charge in [-0.1, -0.05) is 6.07 Å². The third-order valence-corrected chi connectivity index (χ3v) is 6.32. The molecule has 0 aromatic carbocycles. The van der Waals surface area contributed by atoms with Crippen LogP contribution in [0.4, 0.5) is 0 Å². The molecule has 1 saturated heterocycles. The van der Waals surface area contributed by atoms with Crippen LogP contribution in [-0.4, -0.2) is 42.5 Å². The Morgan fingerprint density at radius 3 is 2.72 bits per heavy atom. The van der Waals surface area contributed by atoms with E-state index in [1.165, 1.54) is 11.3 Å². The number of thiophene rings is 1. The van der Waals surface area contributed by atoms with Crippen molar-refractivity contribution in [3.63, 3.8) is 0 Å². The maximum Gasteiger partial charge on any atom is 0.228 e. The lowest BCUT2D eigenvalue weighted by molar-refractivity contribution is -0.131. The Kier molecular flexibility index (Phi) is 9.97. The number of carbonyl (C=O) groups is 1. The molecule has 8 heteroatoms. The van der Waals surface area contributed by atoms with E-state index >= 15 is 0 Å². The van der Waals surface area contributed by atoms with Gasteiger partial charge in [0.15, 0.2) is 0 Å². The molecule has 0 spiro atoms. The molecule has 1 amide bonds. The molecule has 0 aliphatic carbocycles. The van der Waals surface area contributed by atoms with Crippen molar-refractivity contribution < 1.29 is 4.79 Å². The van der Waals surface area contributed by atoms with E-state index in [0.717, 1.165) is 49.1 Å². The molecule has 2 aromatic rings. The number of aromatic nitrogens is 1. The summed E-state index contributed by atoms with van der Waals surface area (Å²) in [7, 11) is 2.00. The van der Waals surface area contributed by atoms with E-state index in [0.29, 0.717) is 6.42 Å². The second-order valence-corrected chi connectivity index (χ2v) is 7.82. The number of thiazole rings is 1. The van der Waals surface area contributed by atoms with Crippen LogP contribution in [0.3, 0.4) is 0 Å². The molecule has 140 valence electrons. The highest BCUT2D eigenvalue weighted by Gasteiger charge is 2.23. The largest absolute Gasteiger partial charge is 0.342 e. The second-order valence-electron chi connectivity index (χ2n) is 6.01. The zero-order valence-electron chi connectivity index (χ0n) is 14.3. The predicted octanol–water partition coefficient (Wildman–Crippen LogP) is 4.11. The quantitative estimate of drug-likeness (QED) is 0.762. The molecule has 0 radical (unpaired) electrons. The normalized spacial score (nSPS) is 14.7. The molecule has 25 heavy (non-hydrogen) atoms. The zero-order chi connectivity index (χ0) is 16.1. The predicted molar refractivity (Wildman–Crippen MR) is 111 cm³/mol. The van der Waals surface area contributed by atoms with Gasteiger partial charge in [-0.05, 0) is 50.2 Å². The highest BCUT2D eigenvalue weighted by Crippen LogP contribution is 2.28. The Balaban J connectivity index is 0.00000156. The van der Waals surface area contributed by atoms with Gasteiger partial charge in [0.1, 0.15) is 5.01 Å². The van der Waals surface area contributed by atoms with Gasteiger partial charge in [0.25, 0.3) is 0 Å². The first kappa shape index (κ1) is 22.4. The summed E-state index contributed by atoms with van der Waals surface area (Å²) in [6, 6.07) is 4.11. The Morgan fingerprint density at radius 2 is 2.08 bits per heavy atom. The molecule has 4 nitrogen and oxygen atoms in total. The highest BCUT2D eigenvalue weighted by atomic mass is 35.5. The number of nitrogens with zero attached hydrogens (tertiary/aromatic N) is 2. The van der Waals surface area contributed by atoms with E-state index in [1.54, 1.807) is 22.7 Å². The molecule has 0 atom stereocenters. The topological polar surface area (TPSA) is 45.2 Å². The third-order valence-electron chi connectivity index (χ3n) is 4.39. The molecule has 1 aliphatic rings. The van der Waals surface area contributed by atoms with Crippen molar-refractivity contribution in [2.75, 3.05) is 26.7 Å². The average molecular weight is 422 g/mol. The number of hydrogen-bond acceptors (Lipinski definition) is 5. The van der Waals surface area contributed by atoms with E-state index in [9.17, 15) is 4.79 Å². The molecular formula is C17H25Cl2N3OS2. The monoisotopic (exact) mass is 421 g/mol. The summed E-state index contributed by atoms with van der Waals surface area (Å²) in [5.41, 5.74) is 0.903. The van der Waals surface area contributed by atoms with Crippen LogP contribution >= 0.6 is 47.5 Å². The summed E-state index contributed by atoms with van der Waals surface area (Å²) in [5.74, 6) is 0.983. The minimum Gasteiger partial charge on any atom is -0.342 e. The zero-order valence-corrected chi connectivity index (χ0v) is 17.5. The van der Waals surface area contributed by atoms with Gasteiger partial charge < -0.3 is 10.2 Å². The second kappa shape index (κ2) is 11.1. The Hall–Kier alpha value is -0.660. The first-order valence-corrected chi connectivity index (χ1v) is 9.93. The van der Waals surface area contributed by atoms with Crippen molar-refractivity contribution in [3.8, 4) is 9.88 Å². The smallest absolute Gasteiger partial charge is 0.228 e. The Labute approximate surface area is 169 Å². The summed E-state index contributed by atoms with van der Waals surface area (Å²) < 4.78 is 0. The van der Waals surface area contributed by atoms with Gasteiger partial charge in [-0.2, -0.15) is 0 Å². The summed E-state index contributed by atoms with van der Waals surface area (Å²) in [4.78, 5) is 20.3. The fraction of sp³-hybridized carbons (Fsp3) is 0.529. The third kappa shape index (κ3) is 6.22. The standard InChI is InChI=1S/C17H23N3OS2.2ClH/c1-18-7-4-13-5-8-20(9-6-13)16(21)11-14-12-23-17(19-14)15-3-2-10-22-15;;/h2-3,10,12-13,18H,4-9,11H2,1H3;2*1H. The lowest BCUT2D eigenvalue weighted by atomic mass is 9.93. The van der Waals surface area contributed by atoms with E-state index in [4.69, 9.17) is 0 Å². The van der Waals surface area contributed by atoms with Crippen molar-refractivity contribution in [1.29, 1.82) is 0 Å². The van der Waals surface area contributed by atoms with Crippen LogP contribution < -0.4 is 5.32 Å². The highest BCUT2D eigenvalue weighted by molar-refractivity contribution is 7.20. The molecule has 3 rings (SSSR count). The van der Waals surface area contributed by atoms with Crippen molar-refractivity contribution in [2.45, 2.75) is 25.7 Å². The number of halogens is 2. The van der Waals surface area contributed by atoms with Crippen LogP contribution in [0.5, 0.6) is 0 Å². The van der Waals surface area contributed by atoms with Crippen LogP contribution in [0.15, 0.2) is 22.9 Å². The Bertz CT molecular complexity index is 626. The summed E-state index contributed by atoms with van der Waals surface area (Å²) >= 11 is 3.32. The number of nitrogens with one attached hydrogen (secondary N) is 1. The molecule has 3 heterocycles. The van der Waals surface area contributed by atoms with Crippen molar-refractivity contribution in [3.05, 3.63) is 28.6 Å². The first-order chi connectivity index (χ1) is 11.3. The number of rotatable bonds is 6. The number of carbonyl (C=O) groups excluding carboxylic acids is 1. The SMILES string of the molecule is CNCCC1CCN(C(=O)Cc2csc(-c3cccs3)n2)CC1.Cl.Cl. The van der Waals surface area contributed by atoms with E-state index in [-0.39, 0.29) is 30.7 Å². The molecule has 0 unspecified atom stereocenters. The van der Waals surface area contributed by atoms with Gasteiger partial charge in [0, 0.05) is 18.5 Å². The van der Waals surface area contributed by atoms with Crippen LogP contribution in [-0.2, 0) is 11.2 Å². The molecular weight excluding hydrogens is 397 g/mol. The van der Waals surface area contributed by atoms with Crippen molar-refractivity contribution in [1.82, 2.24) is 15.2 Å². The lowest BCUT2D eigenvalue weighted by Crippen LogP contribution is -2.39. The van der Waals surface area contributed by atoms with E-state index in [1.807, 2.05) is 23.4 Å². The van der Waals surface area contributed by atoms with Crippen LogP contribution in [0.1, 0.15) is 25.0 Å². The number of piperidine rings is 1. The van der Waals surface area contributed by atoms with Crippen LogP contribution in [0.2, 0.25) is 0 Å². The number of likely N-dealkylation sites (tertiary alicyclic amines) is 1. The molecule has 2 aromatic heterocycles. The molecule has 1 aliphatic heterocycles. The summed E-state index contributed by atoms with van der Waals surface area (Å²) in [6.45, 7) is 2.87. The first-order valence-electron chi connectivity index (χ1n) is 8.17. The van der Waals surface area contributed by atoms with Gasteiger partial charge in [-0.3, -0.25) is 4.79 Å². The molecule has 0 saturated carbocycles. The number of amides is 1. The van der Waals surface area contributed by atoms with Crippen LogP contribution in [0, 0.1) is 5.92 Å². The van der Waals surface area contributed by atoms with Gasteiger partial charge in [-0.25, -0.2) is 4.98 Å². The Morgan fingerprint density at radius 1 is 1.32 bits per heavy atom. The van der Waals surface area contributed by atoms with Gasteiger partial charge in [-0.15, -0.1) is 47.5 Å². The van der Waals surface area contributed by atoms with Gasteiger partial charge >= 0.3 is 0 Å². The average Bonchev–Trinajstić information content (AvgIpc) is 3.24. The summed E-state index contributed by atoms with van der Waals surface area (Å²) in [5, 5.41) is 8.31. The number of hydrogen-bond donors (Lipinski definition) is 1. The molecule has 1 N–H and O–H groups in total. The maximum absolute atomic E-state index is 12.5. The van der Waals surface area contributed by atoms with Crippen molar-refractivity contribution >= 4 is 53.4 Å². The molecule has 1 fully saturated rings. The van der Waals surface area contributed by atoms with Gasteiger partial charge in [0.2, 0.25) is 5.91 Å². The lowest BCUT2D eigenvalue weighted by Gasteiger charge is -2.32. The fourth-order valence-corrected chi connectivity index (χ4v) is 4.62. The van der Waals surface area contributed by atoms with E-state index < -0.39 is 0 Å². The van der Waals surface area contributed by atoms with Crippen LogP contribution in [0.25, 0.3) is 9.88 Å². The minimum atomic E-state index is 0. The fourth-order valence-electron chi connectivity index (χ4n) is 2.99. The maximum atomic E-state index is 12.5. The van der Waals surface area contributed by atoms with Gasteiger partial charge in [0.05, 0.1) is 17.0 Å². The summed E-state index contributed by atoms with van der Waals surface area (Å²) in [6.07, 6.45) is 3.91. The van der Waals surface area contributed by atoms with Crippen molar-refractivity contribution in [2.24, 2.45) is 5.92 Å². The molecule has 0 bridgehead atoms.